The highest BCUT2D eigenvalue weighted by Gasteiger charge is 2.10. The van der Waals surface area contributed by atoms with E-state index in [-0.39, 0.29) is 5.91 Å². The predicted molar refractivity (Wildman–Crippen MR) is 71.0 cm³/mol. The highest BCUT2D eigenvalue weighted by atomic mass is 35.5. The molecule has 17 heavy (non-hydrogen) atoms. The van der Waals surface area contributed by atoms with Crippen LogP contribution in [0.1, 0.15) is 21.1 Å². The Morgan fingerprint density at radius 2 is 2.18 bits per heavy atom. The molecule has 0 saturated carbocycles. The maximum Gasteiger partial charge on any atom is 0.275 e. The summed E-state index contributed by atoms with van der Waals surface area (Å²) in [5.74, 6) is -0.195. The molecule has 1 aromatic carbocycles. The topological polar surface area (TPSA) is 42.0 Å². The van der Waals surface area contributed by atoms with E-state index in [9.17, 15) is 4.79 Å². The van der Waals surface area contributed by atoms with Crippen LogP contribution in [0.2, 0.25) is 5.02 Å². The summed E-state index contributed by atoms with van der Waals surface area (Å²) in [4.78, 5) is 16.0. The van der Waals surface area contributed by atoms with Crippen molar-refractivity contribution in [1.29, 1.82) is 0 Å². The third-order valence-corrected chi connectivity index (χ3v) is 3.30. The van der Waals surface area contributed by atoms with E-state index in [0.29, 0.717) is 10.7 Å². The summed E-state index contributed by atoms with van der Waals surface area (Å²) in [6.45, 7) is 3.77. The first-order chi connectivity index (χ1) is 8.06. The summed E-state index contributed by atoms with van der Waals surface area (Å²) >= 11 is 7.31. The molecule has 5 heteroatoms. The van der Waals surface area contributed by atoms with Gasteiger partial charge in [-0.1, -0.05) is 11.6 Å². The molecule has 1 amide bonds. The van der Waals surface area contributed by atoms with Gasteiger partial charge in [-0.05, 0) is 37.6 Å². The predicted octanol–water partition coefficient (Wildman–Crippen LogP) is 3.67. The molecule has 0 atom stereocenters. The Balaban J connectivity index is 2.18. The quantitative estimate of drug-likeness (QED) is 0.901. The van der Waals surface area contributed by atoms with Crippen LogP contribution in [0, 0.1) is 13.8 Å². The average Bonchev–Trinajstić information content (AvgIpc) is 2.69. The molecule has 1 N–H and O–H groups in total. The first kappa shape index (κ1) is 12.1. The molecule has 1 aromatic heterocycles. The largest absolute Gasteiger partial charge is 0.320 e. The number of carbonyl (C=O) groups excluding carboxylic acids is 1. The van der Waals surface area contributed by atoms with E-state index < -0.39 is 0 Å². The Bertz CT molecular complexity index is 565. The molecule has 0 spiro atoms. The van der Waals surface area contributed by atoms with Gasteiger partial charge in [0.05, 0.1) is 5.01 Å². The van der Waals surface area contributed by atoms with Gasteiger partial charge in [-0.25, -0.2) is 4.98 Å². The summed E-state index contributed by atoms with van der Waals surface area (Å²) in [7, 11) is 0. The third-order valence-electron chi connectivity index (χ3n) is 2.29. The number of aryl methyl sites for hydroxylation is 2. The van der Waals surface area contributed by atoms with Crippen molar-refractivity contribution in [3.8, 4) is 0 Å². The number of thiazole rings is 1. The van der Waals surface area contributed by atoms with Crippen LogP contribution in [0.3, 0.4) is 0 Å². The fourth-order valence-corrected chi connectivity index (χ4v) is 2.24. The van der Waals surface area contributed by atoms with Gasteiger partial charge in [0.1, 0.15) is 5.69 Å². The van der Waals surface area contributed by atoms with Gasteiger partial charge in [-0.15, -0.1) is 11.3 Å². The number of benzene rings is 1. The van der Waals surface area contributed by atoms with Crippen LogP contribution in [-0.2, 0) is 0 Å². The Morgan fingerprint density at radius 3 is 2.76 bits per heavy atom. The molecule has 1 heterocycles. The van der Waals surface area contributed by atoms with Gasteiger partial charge in [-0.2, -0.15) is 0 Å². The van der Waals surface area contributed by atoms with E-state index in [1.54, 1.807) is 17.5 Å². The summed E-state index contributed by atoms with van der Waals surface area (Å²) in [6.07, 6.45) is 0. The number of halogens is 1. The first-order valence-electron chi connectivity index (χ1n) is 5.06. The minimum atomic E-state index is -0.195. The van der Waals surface area contributed by atoms with E-state index in [0.717, 1.165) is 16.3 Å². The van der Waals surface area contributed by atoms with Crippen molar-refractivity contribution >= 4 is 34.5 Å². The Morgan fingerprint density at radius 1 is 1.41 bits per heavy atom. The van der Waals surface area contributed by atoms with Crippen LogP contribution in [0.15, 0.2) is 23.6 Å². The summed E-state index contributed by atoms with van der Waals surface area (Å²) < 4.78 is 0. The van der Waals surface area contributed by atoms with Crippen LogP contribution in [0.4, 0.5) is 5.69 Å². The molecule has 2 aromatic rings. The number of carbonyl (C=O) groups is 1. The van der Waals surface area contributed by atoms with Crippen LogP contribution in [-0.4, -0.2) is 10.9 Å². The molecule has 0 radical (unpaired) electrons. The zero-order chi connectivity index (χ0) is 12.4. The van der Waals surface area contributed by atoms with Crippen LogP contribution >= 0.6 is 22.9 Å². The highest BCUT2D eigenvalue weighted by molar-refractivity contribution is 7.09. The van der Waals surface area contributed by atoms with Crippen LogP contribution in [0.5, 0.6) is 0 Å². The molecule has 0 bridgehead atoms. The van der Waals surface area contributed by atoms with Gasteiger partial charge in [0, 0.05) is 16.1 Å². The number of amides is 1. The maximum absolute atomic E-state index is 11.9. The van der Waals surface area contributed by atoms with E-state index in [1.807, 2.05) is 19.9 Å². The van der Waals surface area contributed by atoms with E-state index in [1.165, 1.54) is 11.3 Å². The number of hydrogen-bond donors (Lipinski definition) is 1. The number of nitrogens with one attached hydrogen (secondary N) is 1. The lowest BCUT2D eigenvalue weighted by atomic mass is 10.2. The second-order valence-corrected chi connectivity index (χ2v) is 5.16. The lowest BCUT2D eigenvalue weighted by Gasteiger charge is -2.07. The van der Waals surface area contributed by atoms with E-state index in [2.05, 4.69) is 10.3 Å². The fourth-order valence-electron chi connectivity index (χ4n) is 1.42. The van der Waals surface area contributed by atoms with E-state index >= 15 is 0 Å². The van der Waals surface area contributed by atoms with Crippen molar-refractivity contribution in [3.05, 3.63) is 44.9 Å². The van der Waals surface area contributed by atoms with Gasteiger partial charge in [0.15, 0.2) is 0 Å². The van der Waals surface area contributed by atoms with Gasteiger partial charge < -0.3 is 5.32 Å². The zero-order valence-corrected chi connectivity index (χ0v) is 11.0. The smallest absolute Gasteiger partial charge is 0.275 e. The molecule has 0 aliphatic carbocycles. The lowest BCUT2D eigenvalue weighted by Crippen LogP contribution is -2.13. The molecule has 0 saturated heterocycles. The highest BCUT2D eigenvalue weighted by Crippen LogP contribution is 2.20. The molecule has 88 valence electrons. The molecule has 0 aliphatic rings. The van der Waals surface area contributed by atoms with Crippen LogP contribution < -0.4 is 5.32 Å². The second-order valence-electron chi connectivity index (χ2n) is 3.67. The lowest BCUT2D eigenvalue weighted by molar-refractivity contribution is 0.102. The van der Waals surface area contributed by atoms with Crippen molar-refractivity contribution in [2.45, 2.75) is 13.8 Å². The van der Waals surface area contributed by atoms with Crippen molar-refractivity contribution in [3.63, 3.8) is 0 Å². The molecule has 3 nitrogen and oxygen atoms in total. The molecule has 2 rings (SSSR count). The van der Waals surface area contributed by atoms with Gasteiger partial charge in [0.25, 0.3) is 5.91 Å². The van der Waals surface area contributed by atoms with Gasteiger partial charge in [0.2, 0.25) is 0 Å². The van der Waals surface area contributed by atoms with Crippen LogP contribution in [0.25, 0.3) is 0 Å². The maximum atomic E-state index is 11.9. The van der Waals surface area contributed by atoms with Gasteiger partial charge in [-0.3, -0.25) is 4.79 Å². The third kappa shape index (κ3) is 2.84. The zero-order valence-electron chi connectivity index (χ0n) is 9.45. The Kier molecular flexibility index (Phi) is 3.45. The van der Waals surface area contributed by atoms with Crippen molar-refractivity contribution in [1.82, 2.24) is 4.98 Å². The molecular formula is C12H11ClN2OS. The van der Waals surface area contributed by atoms with Crippen molar-refractivity contribution in [2.75, 3.05) is 5.32 Å². The average molecular weight is 267 g/mol. The minimum absolute atomic E-state index is 0.195. The fraction of sp³-hybridized carbons (Fsp3) is 0.167. The monoisotopic (exact) mass is 266 g/mol. The summed E-state index contributed by atoms with van der Waals surface area (Å²) in [5, 5.41) is 6.09. The standard InChI is InChI=1S/C12H11ClN2OS/c1-7-5-9(13)3-4-10(7)15-12(16)11-6-17-8(2)14-11/h3-6H,1-2H3,(H,15,16). The van der Waals surface area contributed by atoms with Crippen molar-refractivity contribution < 1.29 is 4.79 Å². The number of aromatic nitrogens is 1. The molecule has 0 fully saturated rings. The number of nitrogens with zero attached hydrogens (tertiary/aromatic N) is 1. The Hall–Kier alpha value is -1.39. The summed E-state index contributed by atoms with van der Waals surface area (Å²) in [6, 6.07) is 5.34. The number of anilines is 1. The molecule has 0 aliphatic heterocycles. The number of rotatable bonds is 2. The van der Waals surface area contributed by atoms with E-state index in [4.69, 9.17) is 11.6 Å². The van der Waals surface area contributed by atoms with Crippen molar-refractivity contribution in [2.24, 2.45) is 0 Å². The normalized spacial score (nSPS) is 10.3. The van der Waals surface area contributed by atoms with Gasteiger partial charge >= 0.3 is 0 Å². The molecular weight excluding hydrogens is 256 g/mol. The Labute approximate surface area is 108 Å². The SMILES string of the molecule is Cc1nc(C(=O)Nc2ccc(Cl)cc2C)cs1. The molecule has 0 unspecified atom stereocenters. The summed E-state index contributed by atoms with van der Waals surface area (Å²) in [5.41, 5.74) is 2.13. The first-order valence-corrected chi connectivity index (χ1v) is 6.31. The minimum Gasteiger partial charge on any atom is -0.320 e. The second kappa shape index (κ2) is 4.85. The number of hydrogen-bond acceptors (Lipinski definition) is 3.